The second kappa shape index (κ2) is 5.19. The van der Waals surface area contributed by atoms with Crippen LogP contribution in [0.25, 0.3) is 0 Å². The third-order valence-electron chi connectivity index (χ3n) is 5.19. The summed E-state index contributed by atoms with van der Waals surface area (Å²) in [5.41, 5.74) is 1.22. The molecule has 2 aliphatic heterocycles. The van der Waals surface area contributed by atoms with Gasteiger partial charge in [0.1, 0.15) is 5.82 Å². The Labute approximate surface area is 134 Å². The molecule has 0 spiro atoms. The van der Waals surface area contributed by atoms with Gasteiger partial charge >= 0.3 is 0 Å². The van der Waals surface area contributed by atoms with E-state index in [1.165, 1.54) is 18.5 Å². The molecule has 7 heteroatoms. The molecule has 1 saturated carbocycles. The number of nitrogens with one attached hydrogen (secondary N) is 3. The molecule has 3 aliphatic rings. The first-order valence-corrected chi connectivity index (χ1v) is 8.46. The molecule has 0 aromatic carbocycles. The minimum atomic E-state index is 0.677. The van der Waals surface area contributed by atoms with Crippen molar-refractivity contribution in [1.29, 1.82) is 0 Å². The molecule has 2 aromatic rings. The second-order valence-corrected chi connectivity index (χ2v) is 6.93. The van der Waals surface area contributed by atoms with Crippen LogP contribution in [-0.2, 0) is 0 Å². The van der Waals surface area contributed by atoms with E-state index in [0.717, 1.165) is 55.6 Å². The zero-order chi connectivity index (χ0) is 15.2. The molecule has 0 bridgehead atoms. The van der Waals surface area contributed by atoms with Crippen molar-refractivity contribution in [3.8, 4) is 0 Å². The molecule has 120 valence electrons. The van der Waals surface area contributed by atoms with Crippen LogP contribution in [0.1, 0.15) is 24.5 Å². The normalized spacial score (nSPS) is 26.5. The summed E-state index contributed by atoms with van der Waals surface area (Å²) in [7, 11) is 0. The van der Waals surface area contributed by atoms with Crippen LogP contribution in [-0.4, -0.2) is 46.3 Å². The molecule has 0 radical (unpaired) electrons. The SMILES string of the molecule is c1cc(Nc2cc(C3CC3)[nH]n2)nc(N2C[C@H]3CNC[C@@H]3C2)n1. The number of aromatic amines is 1. The van der Waals surface area contributed by atoms with Crippen LogP contribution in [0.15, 0.2) is 18.3 Å². The molecule has 5 rings (SSSR count). The molecule has 2 saturated heterocycles. The number of H-pyrrole nitrogens is 1. The molecule has 4 heterocycles. The van der Waals surface area contributed by atoms with Crippen molar-refractivity contribution in [2.45, 2.75) is 18.8 Å². The molecule has 7 nitrogen and oxygen atoms in total. The van der Waals surface area contributed by atoms with Gasteiger partial charge in [0.15, 0.2) is 5.82 Å². The Balaban J connectivity index is 1.31. The van der Waals surface area contributed by atoms with E-state index in [1.807, 2.05) is 12.3 Å². The number of nitrogens with zero attached hydrogens (tertiary/aromatic N) is 4. The van der Waals surface area contributed by atoms with Crippen molar-refractivity contribution < 1.29 is 0 Å². The molecule has 23 heavy (non-hydrogen) atoms. The summed E-state index contributed by atoms with van der Waals surface area (Å²) in [6.07, 6.45) is 4.36. The Morgan fingerprint density at radius 2 is 1.96 bits per heavy atom. The van der Waals surface area contributed by atoms with Crippen molar-refractivity contribution in [2.24, 2.45) is 11.8 Å². The summed E-state index contributed by atoms with van der Waals surface area (Å²) in [6.45, 7) is 4.34. The van der Waals surface area contributed by atoms with Gasteiger partial charge in [-0.2, -0.15) is 10.1 Å². The van der Waals surface area contributed by atoms with E-state index >= 15 is 0 Å². The van der Waals surface area contributed by atoms with Crippen LogP contribution in [0.3, 0.4) is 0 Å². The fraction of sp³-hybridized carbons (Fsp3) is 0.562. The Kier molecular flexibility index (Phi) is 3.00. The first kappa shape index (κ1) is 13.3. The van der Waals surface area contributed by atoms with E-state index in [1.54, 1.807) is 0 Å². The zero-order valence-electron chi connectivity index (χ0n) is 13.0. The van der Waals surface area contributed by atoms with Gasteiger partial charge < -0.3 is 15.5 Å². The van der Waals surface area contributed by atoms with Crippen molar-refractivity contribution >= 4 is 17.6 Å². The van der Waals surface area contributed by atoms with Gasteiger partial charge in [-0.1, -0.05) is 0 Å². The minimum Gasteiger partial charge on any atom is -0.340 e. The first-order valence-electron chi connectivity index (χ1n) is 8.46. The Morgan fingerprint density at radius 1 is 1.13 bits per heavy atom. The summed E-state index contributed by atoms with van der Waals surface area (Å²) in [5.74, 6) is 4.61. The second-order valence-electron chi connectivity index (χ2n) is 6.93. The van der Waals surface area contributed by atoms with Crippen molar-refractivity contribution in [2.75, 3.05) is 36.4 Å². The molecule has 2 atom stereocenters. The maximum Gasteiger partial charge on any atom is 0.227 e. The highest BCUT2D eigenvalue weighted by atomic mass is 15.3. The van der Waals surface area contributed by atoms with Crippen LogP contribution in [0.2, 0.25) is 0 Å². The molecule has 2 aromatic heterocycles. The van der Waals surface area contributed by atoms with Gasteiger partial charge in [-0.15, -0.1) is 0 Å². The third kappa shape index (κ3) is 2.55. The lowest BCUT2D eigenvalue weighted by molar-refractivity contribution is 0.533. The summed E-state index contributed by atoms with van der Waals surface area (Å²) < 4.78 is 0. The van der Waals surface area contributed by atoms with Crippen LogP contribution in [0.4, 0.5) is 17.6 Å². The number of hydrogen-bond acceptors (Lipinski definition) is 6. The number of hydrogen-bond donors (Lipinski definition) is 3. The fourth-order valence-corrected chi connectivity index (χ4v) is 3.72. The predicted octanol–water partition coefficient (Wildman–Crippen LogP) is 1.48. The lowest BCUT2D eigenvalue weighted by Gasteiger charge is -2.17. The lowest BCUT2D eigenvalue weighted by atomic mass is 10.0. The van der Waals surface area contributed by atoms with E-state index in [2.05, 4.69) is 41.8 Å². The van der Waals surface area contributed by atoms with Gasteiger partial charge in [0, 0.05) is 50.1 Å². The van der Waals surface area contributed by atoms with Crippen LogP contribution >= 0.6 is 0 Å². The largest absolute Gasteiger partial charge is 0.340 e. The predicted molar refractivity (Wildman–Crippen MR) is 87.9 cm³/mol. The van der Waals surface area contributed by atoms with Gasteiger partial charge in [0.2, 0.25) is 5.95 Å². The third-order valence-corrected chi connectivity index (χ3v) is 5.19. The van der Waals surface area contributed by atoms with Crippen molar-refractivity contribution in [1.82, 2.24) is 25.5 Å². The average Bonchev–Trinajstić information content (AvgIpc) is 2.95. The maximum atomic E-state index is 4.68. The summed E-state index contributed by atoms with van der Waals surface area (Å²) in [4.78, 5) is 11.4. The first-order chi connectivity index (χ1) is 11.3. The van der Waals surface area contributed by atoms with E-state index < -0.39 is 0 Å². The highest BCUT2D eigenvalue weighted by molar-refractivity contribution is 5.54. The van der Waals surface area contributed by atoms with Gasteiger partial charge in [0.05, 0.1) is 0 Å². The van der Waals surface area contributed by atoms with Crippen LogP contribution < -0.4 is 15.5 Å². The fourth-order valence-electron chi connectivity index (χ4n) is 3.72. The zero-order valence-corrected chi connectivity index (χ0v) is 13.0. The van der Waals surface area contributed by atoms with Gasteiger partial charge in [-0.3, -0.25) is 5.10 Å². The van der Waals surface area contributed by atoms with Gasteiger partial charge in [0.25, 0.3) is 0 Å². The molecule has 3 N–H and O–H groups in total. The monoisotopic (exact) mass is 311 g/mol. The molecular formula is C16H21N7. The summed E-state index contributed by atoms with van der Waals surface area (Å²) >= 11 is 0. The average molecular weight is 311 g/mol. The topological polar surface area (TPSA) is 81.8 Å². The standard InChI is InChI=1S/C16H21N7/c1-2-10(1)13-5-15(22-21-13)19-14-3-4-18-16(20-14)23-8-11-6-17-7-12(11)9-23/h3-5,10-12,17H,1-2,6-9H2,(H2,18,19,20,21,22)/t11-,12-/m1/s1. The Bertz CT molecular complexity index is 696. The van der Waals surface area contributed by atoms with E-state index in [0.29, 0.717) is 5.92 Å². The molecule has 1 aliphatic carbocycles. The van der Waals surface area contributed by atoms with Crippen LogP contribution in [0.5, 0.6) is 0 Å². The van der Waals surface area contributed by atoms with Crippen LogP contribution in [0, 0.1) is 11.8 Å². The highest BCUT2D eigenvalue weighted by Gasteiger charge is 2.37. The minimum absolute atomic E-state index is 0.677. The Hall–Kier alpha value is -2.15. The van der Waals surface area contributed by atoms with E-state index in [9.17, 15) is 0 Å². The van der Waals surface area contributed by atoms with Gasteiger partial charge in [-0.25, -0.2) is 4.98 Å². The molecule has 0 unspecified atom stereocenters. The Morgan fingerprint density at radius 3 is 2.74 bits per heavy atom. The molecular weight excluding hydrogens is 290 g/mol. The number of aromatic nitrogens is 4. The summed E-state index contributed by atoms with van der Waals surface area (Å²) in [6, 6.07) is 3.98. The van der Waals surface area contributed by atoms with Gasteiger partial charge in [-0.05, 0) is 30.7 Å². The maximum absolute atomic E-state index is 4.68. The van der Waals surface area contributed by atoms with E-state index in [4.69, 9.17) is 0 Å². The molecule has 0 amide bonds. The number of rotatable bonds is 4. The lowest BCUT2D eigenvalue weighted by Crippen LogP contribution is -2.27. The number of fused-ring (bicyclic) bond motifs is 1. The van der Waals surface area contributed by atoms with Crippen molar-refractivity contribution in [3.63, 3.8) is 0 Å². The summed E-state index contributed by atoms with van der Waals surface area (Å²) in [5, 5.41) is 14.2. The number of anilines is 3. The quantitative estimate of drug-likeness (QED) is 0.793. The highest BCUT2D eigenvalue weighted by Crippen LogP contribution is 2.39. The van der Waals surface area contributed by atoms with E-state index in [-0.39, 0.29) is 0 Å². The smallest absolute Gasteiger partial charge is 0.227 e. The molecule has 3 fully saturated rings. The van der Waals surface area contributed by atoms with Crippen molar-refractivity contribution in [3.05, 3.63) is 24.0 Å².